The molecule has 132 valence electrons. The number of aryl methyl sites for hydroxylation is 2. The van der Waals surface area contributed by atoms with E-state index in [2.05, 4.69) is 22.2 Å². The molecule has 1 saturated heterocycles. The van der Waals surface area contributed by atoms with Crippen LogP contribution in [0.3, 0.4) is 0 Å². The average Bonchev–Trinajstić information content (AvgIpc) is 2.59. The first-order valence-electron chi connectivity index (χ1n) is 8.75. The number of pyridine rings is 1. The van der Waals surface area contributed by atoms with Crippen LogP contribution in [-0.2, 0) is 17.8 Å². The molecule has 0 N–H and O–H groups in total. The zero-order chi connectivity index (χ0) is 17.8. The van der Waals surface area contributed by atoms with Crippen LogP contribution in [0, 0.1) is 19.8 Å². The fraction of sp³-hybridized carbons (Fsp3) is 0.474. The monoisotopic (exact) mass is 340 g/mol. The Labute approximate surface area is 147 Å². The highest BCUT2D eigenvalue weighted by Crippen LogP contribution is 2.22. The van der Waals surface area contributed by atoms with Crippen molar-refractivity contribution in [3.8, 4) is 0 Å². The van der Waals surface area contributed by atoms with Crippen LogP contribution in [0.25, 0.3) is 0 Å². The largest absolute Gasteiger partial charge is 0.341 e. The molecule has 1 aliphatic heterocycles. The van der Waals surface area contributed by atoms with E-state index in [0.717, 1.165) is 43.7 Å². The molecule has 0 radical (unpaired) electrons. The van der Waals surface area contributed by atoms with E-state index >= 15 is 0 Å². The number of nitrogens with zero attached hydrogens (tertiary/aromatic N) is 4. The second kappa shape index (κ2) is 7.59. The highest BCUT2D eigenvalue weighted by atomic mass is 16.2. The lowest BCUT2D eigenvalue weighted by Gasteiger charge is -2.32. The van der Waals surface area contributed by atoms with Crippen molar-refractivity contribution in [3.05, 3.63) is 57.8 Å². The maximum absolute atomic E-state index is 12.5. The van der Waals surface area contributed by atoms with Crippen molar-refractivity contribution in [1.82, 2.24) is 19.7 Å². The molecule has 0 spiro atoms. The zero-order valence-corrected chi connectivity index (χ0v) is 14.8. The van der Waals surface area contributed by atoms with Gasteiger partial charge < -0.3 is 4.90 Å². The predicted molar refractivity (Wildman–Crippen MR) is 95.2 cm³/mol. The molecule has 0 aliphatic carbocycles. The van der Waals surface area contributed by atoms with Gasteiger partial charge in [-0.25, -0.2) is 4.68 Å². The molecular weight excluding hydrogens is 316 g/mol. The molecule has 1 fully saturated rings. The summed E-state index contributed by atoms with van der Waals surface area (Å²) >= 11 is 0. The van der Waals surface area contributed by atoms with Gasteiger partial charge in [-0.3, -0.25) is 14.6 Å². The highest BCUT2D eigenvalue weighted by Gasteiger charge is 2.23. The van der Waals surface area contributed by atoms with Crippen LogP contribution in [-0.4, -0.2) is 38.7 Å². The fourth-order valence-corrected chi connectivity index (χ4v) is 3.34. The van der Waals surface area contributed by atoms with Crippen LogP contribution >= 0.6 is 0 Å². The van der Waals surface area contributed by atoms with E-state index < -0.39 is 0 Å². The average molecular weight is 340 g/mol. The summed E-state index contributed by atoms with van der Waals surface area (Å²) in [4.78, 5) is 30.3. The van der Waals surface area contributed by atoms with Crippen LogP contribution in [0.5, 0.6) is 0 Å². The number of rotatable bonds is 4. The van der Waals surface area contributed by atoms with E-state index in [0.29, 0.717) is 5.92 Å². The Morgan fingerprint density at radius 2 is 1.92 bits per heavy atom. The first-order chi connectivity index (χ1) is 12.0. The summed E-state index contributed by atoms with van der Waals surface area (Å²) in [6.45, 7) is 5.33. The molecule has 2 aromatic rings. The van der Waals surface area contributed by atoms with E-state index in [1.54, 1.807) is 6.07 Å². The van der Waals surface area contributed by atoms with Gasteiger partial charge in [0.25, 0.3) is 5.56 Å². The summed E-state index contributed by atoms with van der Waals surface area (Å²) in [5.74, 6) is 0.559. The number of carbonyl (C=O) groups is 1. The van der Waals surface area contributed by atoms with E-state index in [-0.39, 0.29) is 18.0 Å². The van der Waals surface area contributed by atoms with Crippen molar-refractivity contribution in [2.45, 2.75) is 39.7 Å². The van der Waals surface area contributed by atoms with Gasteiger partial charge in [-0.2, -0.15) is 5.10 Å². The summed E-state index contributed by atoms with van der Waals surface area (Å²) in [6, 6.07) is 7.32. The minimum atomic E-state index is -0.234. The van der Waals surface area contributed by atoms with Gasteiger partial charge in [-0.1, -0.05) is 0 Å². The molecule has 6 nitrogen and oxygen atoms in total. The van der Waals surface area contributed by atoms with Crippen LogP contribution in [0.4, 0.5) is 0 Å². The minimum absolute atomic E-state index is 0.0225. The summed E-state index contributed by atoms with van der Waals surface area (Å²) in [5.41, 5.74) is 2.86. The second-order valence-corrected chi connectivity index (χ2v) is 6.80. The van der Waals surface area contributed by atoms with Crippen LogP contribution < -0.4 is 5.56 Å². The van der Waals surface area contributed by atoms with Crippen molar-refractivity contribution in [3.63, 3.8) is 0 Å². The van der Waals surface area contributed by atoms with Crippen molar-refractivity contribution in [2.75, 3.05) is 13.1 Å². The predicted octanol–water partition coefficient (Wildman–Crippen LogP) is 1.74. The first-order valence-corrected chi connectivity index (χ1v) is 8.75. The quantitative estimate of drug-likeness (QED) is 0.850. The van der Waals surface area contributed by atoms with Gasteiger partial charge in [0, 0.05) is 31.0 Å². The summed E-state index contributed by atoms with van der Waals surface area (Å²) in [7, 11) is 0. The van der Waals surface area contributed by atoms with Gasteiger partial charge >= 0.3 is 0 Å². The normalized spacial score (nSPS) is 15.4. The molecule has 3 heterocycles. The van der Waals surface area contributed by atoms with Gasteiger partial charge in [0.2, 0.25) is 5.91 Å². The molecule has 2 aromatic heterocycles. The molecule has 3 rings (SSSR count). The Hall–Kier alpha value is -2.50. The molecule has 1 aliphatic rings. The van der Waals surface area contributed by atoms with Gasteiger partial charge in [-0.15, -0.1) is 0 Å². The van der Waals surface area contributed by atoms with E-state index in [1.807, 2.05) is 24.9 Å². The molecular formula is C19H24N4O2. The molecule has 25 heavy (non-hydrogen) atoms. The third-order valence-electron chi connectivity index (χ3n) is 4.74. The Morgan fingerprint density at radius 1 is 1.16 bits per heavy atom. The van der Waals surface area contributed by atoms with Gasteiger partial charge in [0.1, 0.15) is 6.54 Å². The second-order valence-electron chi connectivity index (χ2n) is 6.80. The number of hydrogen-bond donors (Lipinski definition) is 0. The fourth-order valence-electron chi connectivity index (χ4n) is 3.34. The Morgan fingerprint density at radius 3 is 2.64 bits per heavy atom. The number of carbonyl (C=O) groups excluding carboxylic acids is 1. The lowest BCUT2D eigenvalue weighted by atomic mass is 9.90. The molecule has 0 atom stereocenters. The number of hydrogen-bond acceptors (Lipinski definition) is 4. The lowest BCUT2D eigenvalue weighted by Crippen LogP contribution is -2.42. The van der Waals surface area contributed by atoms with Gasteiger partial charge in [-0.05, 0) is 62.8 Å². The smallest absolute Gasteiger partial charge is 0.267 e. The first kappa shape index (κ1) is 17.3. The molecule has 0 unspecified atom stereocenters. The van der Waals surface area contributed by atoms with Crippen LogP contribution in [0.2, 0.25) is 0 Å². The Kier molecular flexibility index (Phi) is 5.26. The van der Waals surface area contributed by atoms with Crippen LogP contribution in [0.15, 0.2) is 35.3 Å². The van der Waals surface area contributed by atoms with Gasteiger partial charge in [0.05, 0.1) is 5.69 Å². The molecule has 0 saturated carbocycles. The zero-order valence-electron chi connectivity index (χ0n) is 14.8. The number of likely N-dealkylation sites (tertiary alicyclic amines) is 1. The van der Waals surface area contributed by atoms with E-state index in [4.69, 9.17) is 0 Å². The lowest BCUT2D eigenvalue weighted by molar-refractivity contribution is -0.133. The Bertz CT molecular complexity index is 807. The van der Waals surface area contributed by atoms with E-state index in [1.165, 1.54) is 16.3 Å². The molecule has 6 heteroatoms. The highest BCUT2D eigenvalue weighted by molar-refractivity contribution is 5.75. The van der Waals surface area contributed by atoms with Crippen molar-refractivity contribution in [1.29, 1.82) is 0 Å². The van der Waals surface area contributed by atoms with Gasteiger partial charge in [0.15, 0.2) is 0 Å². The summed E-state index contributed by atoms with van der Waals surface area (Å²) in [5, 5.41) is 4.14. The number of piperidine rings is 1. The maximum Gasteiger partial charge on any atom is 0.267 e. The standard InChI is InChI=1S/C19H24N4O2/c1-14-3-4-18(24)23(21-14)13-19(25)22-9-6-16(7-10-22)12-17-5-8-20-15(2)11-17/h3-5,8,11,16H,6-7,9-10,12-13H2,1-2H3. The van der Waals surface area contributed by atoms with Crippen molar-refractivity contribution in [2.24, 2.45) is 5.92 Å². The summed E-state index contributed by atoms with van der Waals surface area (Å²) < 4.78 is 1.25. The minimum Gasteiger partial charge on any atom is -0.341 e. The number of amides is 1. The third kappa shape index (κ3) is 4.53. The summed E-state index contributed by atoms with van der Waals surface area (Å²) in [6.07, 6.45) is 4.87. The Balaban J connectivity index is 1.54. The van der Waals surface area contributed by atoms with Crippen LogP contribution in [0.1, 0.15) is 29.8 Å². The molecule has 0 aromatic carbocycles. The SMILES string of the molecule is Cc1cc(CC2CCN(C(=O)Cn3nc(C)ccc3=O)CC2)ccn1. The van der Waals surface area contributed by atoms with Crippen molar-refractivity contribution < 1.29 is 4.79 Å². The van der Waals surface area contributed by atoms with E-state index in [9.17, 15) is 9.59 Å². The molecule has 1 amide bonds. The maximum atomic E-state index is 12.5. The van der Waals surface area contributed by atoms with Crippen molar-refractivity contribution >= 4 is 5.91 Å². The number of aromatic nitrogens is 3. The molecule has 0 bridgehead atoms. The third-order valence-corrected chi connectivity index (χ3v) is 4.74. The topological polar surface area (TPSA) is 68.1 Å².